The Labute approximate surface area is 131 Å². The molecule has 0 bridgehead atoms. The Morgan fingerprint density at radius 1 is 0.952 bits per heavy atom. The molecule has 0 saturated carbocycles. The fourth-order valence-electron chi connectivity index (χ4n) is 1.63. The highest BCUT2D eigenvalue weighted by Gasteiger charge is 2.04. The number of hydrogen-bond donors (Lipinski definition) is 2. The Bertz CT molecular complexity index is 669. The van der Waals surface area contributed by atoms with E-state index in [4.69, 9.17) is 0 Å². The molecule has 21 heavy (non-hydrogen) atoms. The van der Waals surface area contributed by atoms with Gasteiger partial charge in [-0.3, -0.25) is 15.0 Å². The molecule has 0 unspecified atom stereocenters. The van der Waals surface area contributed by atoms with Crippen molar-refractivity contribution < 1.29 is 9.59 Å². The predicted molar refractivity (Wildman–Crippen MR) is 84.7 cm³/mol. The predicted octanol–water partition coefficient (Wildman–Crippen LogP) is 3.08. The molecule has 5 heteroatoms. The molecule has 0 spiro atoms. The van der Waals surface area contributed by atoms with Gasteiger partial charge in [0.15, 0.2) is 5.78 Å². The van der Waals surface area contributed by atoms with Crippen LogP contribution in [-0.2, 0) is 0 Å². The van der Waals surface area contributed by atoms with E-state index in [-0.39, 0.29) is 11.7 Å². The third kappa shape index (κ3) is 4.57. The summed E-state index contributed by atoms with van der Waals surface area (Å²) in [6, 6.07) is 15.9. The summed E-state index contributed by atoms with van der Waals surface area (Å²) in [7, 11) is 0. The third-order valence-electron chi connectivity index (χ3n) is 2.65. The molecule has 0 fully saturated rings. The zero-order chi connectivity index (χ0) is 15.1. The second kappa shape index (κ2) is 7.40. The fourth-order valence-corrected chi connectivity index (χ4v) is 2.02. The van der Waals surface area contributed by atoms with Crippen molar-refractivity contribution in [3.8, 4) is 0 Å². The van der Waals surface area contributed by atoms with Crippen molar-refractivity contribution in [3.63, 3.8) is 0 Å². The minimum atomic E-state index is -0.284. The highest BCUT2D eigenvalue weighted by molar-refractivity contribution is 9.10. The van der Waals surface area contributed by atoms with Crippen LogP contribution in [0.1, 0.15) is 20.7 Å². The zero-order valence-corrected chi connectivity index (χ0v) is 12.6. The van der Waals surface area contributed by atoms with Gasteiger partial charge in [0.25, 0.3) is 5.91 Å². The minimum absolute atomic E-state index is 0.139. The summed E-state index contributed by atoms with van der Waals surface area (Å²) in [6.45, 7) is 0. The molecule has 0 aliphatic heterocycles. The van der Waals surface area contributed by atoms with Crippen LogP contribution in [0.5, 0.6) is 0 Å². The highest BCUT2D eigenvalue weighted by Crippen LogP contribution is 2.11. The van der Waals surface area contributed by atoms with Gasteiger partial charge in [-0.15, -0.1) is 0 Å². The van der Waals surface area contributed by atoms with E-state index in [1.165, 1.54) is 12.3 Å². The lowest BCUT2D eigenvalue weighted by Gasteiger charge is -2.04. The molecule has 0 heterocycles. The van der Waals surface area contributed by atoms with E-state index in [1.54, 1.807) is 42.5 Å². The summed E-state index contributed by atoms with van der Waals surface area (Å²) in [5, 5.41) is 0. The molecule has 0 aliphatic carbocycles. The summed E-state index contributed by atoms with van der Waals surface area (Å²) in [5.74, 6) is -0.423. The van der Waals surface area contributed by atoms with Crippen molar-refractivity contribution in [1.29, 1.82) is 0 Å². The quantitative estimate of drug-likeness (QED) is 0.497. The van der Waals surface area contributed by atoms with Crippen LogP contribution in [0.25, 0.3) is 0 Å². The van der Waals surface area contributed by atoms with Crippen LogP contribution in [0.2, 0.25) is 0 Å². The van der Waals surface area contributed by atoms with Crippen LogP contribution in [-0.4, -0.2) is 11.7 Å². The first-order chi connectivity index (χ1) is 10.2. The molecule has 106 valence electrons. The van der Waals surface area contributed by atoms with Gasteiger partial charge >= 0.3 is 0 Å². The van der Waals surface area contributed by atoms with Gasteiger partial charge in [0.1, 0.15) is 0 Å². The molecule has 0 saturated heterocycles. The van der Waals surface area contributed by atoms with Gasteiger partial charge in [-0.25, -0.2) is 0 Å². The minimum Gasteiger partial charge on any atom is -0.305 e. The molecule has 0 aromatic heterocycles. The lowest BCUT2D eigenvalue weighted by atomic mass is 10.1. The van der Waals surface area contributed by atoms with Gasteiger partial charge in [0.05, 0.1) is 0 Å². The van der Waals surface area contributed by atoms with Gasteiger partial charge in [-0.05, 0) is 18.2 Å². The molecular formula is C16H13BrN2O2. The number of ketones is 1. The molecule has 0 atom stereocenters. The first kappa shape index (κ1) is 15.0. The van der Waals surface area contributed by atoms with E-state index in [0.717, 1.165) is 4.47 Å². The lowest BCUT2D eigenvalue weighted by molar-refractivity contribution is 0.0939. The monoisotopic (exact) mass is 344 g/mol. The zero-order valence-electron chi connectivity index (χ0n) is 11.0. The van der Waals surface area contributed by atoms with Crippen molar-refractivity contribution in [2.45, 2.75) is 0 Å². The van der Waals surface area contributed by atoms with Gasteiger partial charge in [0.2, 0.25) is 0 Å². The van der Waals surface area contributed by atoms with Crippen LogP contribution < -0.4 is 10.9 Å². The number of amides is 1. The Kier molecular flexibility index (Phi) is 5.29. The maximum absolute atomic E-state index is 11.8. The number of benzene rings is 2. The van der Waals surface area contributed by atoms with Crippen LogP contribution in [0.3, 0.4) is 0 Å². The maximum Gasteiger partial charge on any atom is 0.269 e. The fraction of sp³-hybridized carbons (Fsp3) is 0. The standard InChI is InChI=1S/C16H13BrN2O2/c17-14-8-4-7-13(11-14)16(21)19-18-10-9-15(20)12-5-2-1-3-6-12/h1-11,18H,(H,19,21)/b10-9+. The van der Waals surface area contributed by atoms with E-state index in [0.29, 0.717) is 11.1 Å². The third-order valence-corrected chi connectivity index (χ3v) is 3.14. The molecule has 4 nitrogen and oxygen atoms in total. The van der Waals surface area contributed by atoms with Crippen molar-refractivity contribution in [1.82, 2.24) is 10.9 Å². The van der Waals surface area contributed by atoms with E-state index in [1.807, 2.05) is 12.1 Å². The maximum atomic E-state index is 11.8. The number of halogens is 1. The summed E-state index contributed by atoms with van der Waals surface area (Å²) in [6.07, 6.45) is 2.75. The first-order valence-corrected chi connectivity index (χ1v) is 7.03. The van der Waals surface area contributed by atoms with Gasteiger partial charge < -0.3 is 5.43 Å². The summed E-state index contributed by atoms with van der Waals surface area (Å²) >= 11 is 3.30. The summed E-state index contributed by atoms with van der Waals surface area (Å²) < 4.78 is 0.824. The Morgan fingerprint density at radius 2 is 1.67 bits per heavy atom. The normalized spacial score (nSPS) is 10.3. The molecule has 0 aliphatic rings. The molecule has 2 N–H and O–H groups in total. The van der Waals surface area contributed by atoms with Gasteiger partial charge in [-0.2, -0.15) is 0 Å². The van der Waals surface area contributed by atoms with Crippen LogP contribution in [0, 0.1) is 0 Å². The second-order valence-electron chi connectivity index (χ2n) is 4.17. The van der Waals surface area contributed by atoms with Crippen molar-refractivity contribution in [2.24, 2.45) is 0 Å². The van der Waals surface area contributed by atoms with Crippen molar-refractivity contribution in [2.75, 3.05) is 0 Å². The molecular weight excluding hydrogens is 332 g/mol. The Hall–Kier alpha value is -2.40. The van der Waals surface area contributed by atoms with Crippen LogP contribution in [0.4, 0.5) is 0 Å². The van der Waals surface area contributed by atoms with E-state index < -0.39 is 0 Å². The number of carbonyl (C=O) groups is 2. The van der Waals surface area contributed by atoms with Crippen molar-refractivity contribution >= 4 is 27.6 Å². The molecule has 2 rings (SSSR count). The number of hydrogen-bond acceptors (Lipinski definition) is 3. The SMILES string of the molecule is O=C(/C=C/NNC(=O)c1cccc(Br)c1)c1ccccc1. The highest BCUT2D eigenvalue weighted by atomic mass is 79.9. The number of nitrogens with one attached hydrogen (secondary N) is 2. The summed E-state index contributed by atoms with van der Waals surface area (Å²) in [4.78, 5) is 23.6. The second-order valence-corrected chi connectivity index (χ2v) is 5.09. The van der Waals surface area contributed by atoms with E-state index in [2.05, 4.69) is 26.8 Å². The molecule has 0 radical (unpaired) electrons. The average molecular weight is 345 g/mol. The average Bonchev–Trinajstić information content (AvgIpc) is 2.52. The number of allylic oxidation sites excluding steroid dienone is 1. The largest absolute Gasteiger partial charge is 0.305 e. The van der Waals surface area contributed by atoms with E-state index in [9.17, 15) is 9.59 Å². The Morgan fingerprint density at radius 3 is 2.38 bits per heavy atom. The smallest absolute Gasteiger partial charge is 0.269 e. The first-order valence-electron chi connectivity index (χ1n) is 6.24. The molecule has 1 amide bonds. The lowest BCUT2D eigenvalue weighted by Crippen LogP contribution is -2.33. The molecule has 2 aromatic rings. The van der Waals surface area contributed by atoms with Crippen LogP contribution >= 0.6 is 15.9 Å². The summed E-state index contributed by atoms with van der Waals surface area (Å²) in [5.41, 5.74) is 6.18. The van der Waals surface area contributed by atoms with Gasteiger partial charge in [0, 0.05) is 27.9 Å². The Balaban J connectivity index is 1.85. The van der Waals surface area contributed by atoms with Crippen LogP contribution in [0.15, 0.2) is 71.3 Å². The van der Waals surface area contributed by atoms with E-state index >= 15 is 0 Å². The van der Waals surface area contributed by atoms with Crippen molar-refractivity contribution in [3.05, 3.63) is 82.5 Å². The molecule has 2 aromatic carbocycles. The number of rotatable bonds is 5. The topological polar surface area (TPSA) is 58.2 Å². The number of carbonyl (C=O) groups excluding carboxylic acids is 2. The van der Waals surface area contributed by atoms with Gasteiger partial charge in [-0.1, -0.05) is 52.3 Å². The number of hydrazine groups is 1.